The molecule has 1 aliphatic rings. The van der Waals surface area contributed by atoms with Gasteiger partial charge in [0.2, 0.25) is 15.9 Å². The van der Waals surface area contributed by atoms with Crippen LogP contribution in [0, 0.1) is 0 Å². The topological polar surface area (TPSA) is 84.9 Å². The Balaban J connectivity index is 2.20. The van der Waals surface area contributed by atoms with Gasteiger partial charge in [0.05, 0.1) is 25.7 Å². The molecule has 1 aromatic carbocycles. The fraction of sp³-hybridized carbons (Fsp3) is 0.611. The van der Waals surface area contributed by atoms with Crippen molar-refractivity contribution in [3.8, 4) is 11.5 Å². The average molecular weight is 384 g/mol. The molecule has 1 N–H and O–H groups in total. The summed E-state index contributed by atoms with van der Waals surface area (Å²) in [5.41, 5.74) is 0.490. The highest BCUT2D eigenvalue weighted by molar-refractivity contribution is 7.88. The van der Waals surface area contributed by atoms with E-state index in [1.165, 1.54) is 4.31 Å². The van der Waals surface area contributed by atoms with Crippen molar-refractivity contribution < 1.29 is 22.7 Å². The van der Waals surface area contributed by atoms with Crippen LogP contribution in [-0.4, -0.2) is 51.2 Å². The molecular weight excluding hydrogens is 356 g/mol. The number of sulfonamides is 1. The first kappa shape index (κ1) is 20.5. The van der Waals surface area contributed by atoms with Gasteiger partial charge in [-0.15, -0.1) is 0 Å². The van der Waals surface area contributed by atoms with Crippen LogP contribution in [0.5, 0.6) is 11.5 Å². The van der Waals surface area contributed by atoms with Gasteiger partial charge >= 0.3 is 0 Å². The Morgan fingerprint density at radius 1 is 1.35 bits per heavy atom. The number of carbonyl (C=O) groups excluding carboxylic acids is 1. The molecule has 8 heteroatoms. The number of carbonyl (C=O) groups is 1. The summed E-state index contributed by atoms with van der Waals surface area (Å²) in [6.45, 7) is 2.99. The molecule has 0 aliphatic carbocycles. The first-order valence-corrected chi connectivity index (χ1v) is 10.8. The van der Waals surface area contributed by atoms with Crippen LogP contribution in [0.15, 0.2) is 18.2 Å². The number of piperidine rings is 1. The van der Waals surface area contributed by atoms with Gasteiger partial charge in [0.25, 0.3) is 0 Å². The molecule has 2 rings (SSSR count). The van der Waals surface area contributed by atoms with E-state index in [1.807, 2.05) is 0 Å². The molecule has 0 aromatic heterocycles. The molecule has 1 heterocycles. The highest BCUT2D eigenvalue weighted by Gasteiger charge is 2.34. The van der Waals surface area contributed by atoms with E-state index >= 15 is 0 Å². The van der Waals surface area contributed by atoms with Gasteiger partial charge in [-0.2, -0.15) is 4.31 Å². The highest BCUT2D eigenvalue weighted by atomic mass is 32.2. The molecule has 0 radical (unpaired) electrons. The Morgan fingerprint density at radius 2 is 2.12 bits per heavy atom. The van der Waals surface area contributed by atoms with Gasteiger partial charge < -0.3 is 14.8 Å². The summed E-state index contributed by atoms with van der Waals surface area (Å²) in [7, 11) is -1.89. The van der Waals surface area contributed by atoms with Gasteiger partial charge in [0, 0.05) is 12.6 Å². The van der Waals surface area contributed by atoms with Gasteiger partial charge in [0.15, 0.2) is 0 Å². The van der Waals surface area contributed by atoms with E-state index in [-0.39, 0.29) is 5.91 Å². The molecule has 26 heavy (non-hydrogen) atoms. The Labute approximate surface area is 155 Å². The summed E-state index contributed by atoms with van der Waals surface area (Å²) in [5.74, 6) is 0.796. The van der Waals surface area contributed by atoms with Crippen molar-refractivity contribution >= 4 is 21.6 Å². The lowest BCUT2D eigenvalue weighted by Crippen LogP contribution is -2.49. The van der Waals surface area contributed by atoms with Crippen LogP contribution in [-0.2, 0) is 14.8 Å². The summed E-state index contributed by atoms with van der Waals surface area (Å²) in [4.78, 5) is 12.8. The van der Waals surface area contributed by atoms with E-state index in [4.69, 9.17) is 9.47 Å². The second-order valence-corrected chi connectivity index (χ2v) is 8.37. The quantitative estimate of drug-likeness (QED) is 0.697. The minimum atomic E-state index is -3.44. The third-order valence-electron chi connectivity index (χ3n) is 4.38. The minimum Gasteiger partial charge on any atom is -0.497 e. The van der Waals surface area contributed by atoms with Gasteiger partial charge in [-0.05, 0) is 31.4 Å². The number of hydrogen-bond acceptors (Lipinski definition) is 5. The van der Waals surface area contributed by atoms with Crippen molar-refractivity contribution in [2.75, 3.05) is 31.8 Å². The van der Waals surface area contributed by atoms with Crippen LogP contribution in [0.25, 0.3) is 0 Å². The van der Waals surface area contributed by atoms with Crippen LogP contribution in [0.2, 0.25) is 0 Å². The molecule has 146 valence electrons. The van der Waals surface area contributed by atoms with E-state index < -0.39 is 16.1 Å². The van der Waals surface area contributed by atoms with E-state index in [2.05, 4.69) is 12.2 Å². The van der Waals surface area contributed by atoms with Crippen LogP contribution >= 0.6 is 0 Å². The first-order chi connectivity index (χ1) is 12.4. The Kier molecular flexibility index (Phi) is 7.28. The van der Waals surface area contributed by atoms with Crippen LogP contribution in [0.3, 0.4) is 0 Å². The number of amides is 1. The van der Waals surface area contributed by atoms with Crippen molar-refractivity contribution in [3.63, 3.8) is 0 Å². The third-order valence-corrected chi connectivity index (χ3v) is 5.67. The van der Waals surface area contributed by atoms with Gasteiger partial charge in [-0.25, -0.2) is 8.42 Å². The molecule has 1 atom stereocenters. The Morgan fingerprint density at radius 3 is 2.77 bits per heavy atom. The lowest BCUT2D eigenvalue weighted by atomic mass is 10.0. The predicted octanol–water partition coefficient (Wildman–Crippen LogP) is 2.63. The van der Waals surface area contributed by atoms with Crippen molar-refractivity contribution in [1.29, 1.82) is 0 Å². The number of methoxy groups -OCH3 is 1. The summed E-state index contributed by atoms with van der Waals surface area (Å²) in [5, 5.41) is 2.83. The normalized spacial score (nSPS) is 18.3. The van der Waals surface area contributed by atoms with Gasteiger partial charge in [-0.3, -0.25) is 4.79 Å². The molecule has 1 fully saturated rings. The maximum absolute atomic E-state index is 12.8. The van der Waals surface area contributed by atoms with Crippen LogP contribution < -0.4 is 14.8 Å². The summed E-state index contributed by atoms with van der Waals surface area (Å²) in [6.07, 6.45) is 5.15. The molecule has 0 spiro atoms. The lowest BCUT2D eigenvalue weighted by molar-refractivity contribution is -0.120. The van der Waals surface area contributed by atoms with Gasteiger partial charge in [-0.1, -0.05) is 19.8 Å². The minimum absolute atomic E-state index is 0.344. The monoisotopic (exact) mass is 384 g/mol. The van der Waals surface area contributed by atoms with Crippen molar-refractivity contribution in [1.82, 2.24) is 4.31 Å². The summed E-state index contributed by atoms with van der Waals surface area (Å²) in [6, 6.07) is 4.50. The maximum Gasteiger partial charge on any atom is 0.242 e. The van der Waals surface area contributed by atoms with Crippen molar-refractivity contribution in [2.24, 2.45) is 0 Å². The molecule has 0 bridgehead atoms. The number of anilines is 1. The summed E-state index contributed by atoms with van der Waals surface area (Å²) < 4.78 is 36.3. The third kappa shape index (κ3) is 5.35. The standard InChI is InChI=1S/C18H28N2O5S/c1-4-5-12-25-17-10-9-14(24-2)13-15(17)19-18(21)16-8-6-7-11-20(16)26(3,22)23/h9-10,13,16H,4-8,11-12H2,1-3H3,(H,19,21). The average Bonchev–Trinajstić information content (AvgIpc) is 2.62. The molecule has 1 aromatic rings. The van der Waals surface area contributed by atoms with Gasteiger partial charge in [0.1, 0.15) is 17.5 Å². The maximum atomic E-state index is 12.8. The molecular formula is C18H28N2O5S. The second kappa shape index (κ2) is 9.23. The molecule has 1 unspecified atom stereocenters. The number of nitrogens with one attached hydrogen (secondary N) is 1. The fourth-order valence-corrected chi connectivity index (χ4v) is 4.09. The van der Waals surface area contributed by atoms with Crippen LogP contribution in [0.4, 0.5) is 5.69 Å². The number of ether oxygens (including phenoxy) is 2. The molecule has 1 aliphatic heterocycles. The zero-order chi connectivity index (χ0) is 19.2. The number of rotatable bonds is 8. The molecule has 1 saturated heterocycles. The molecule has 1 amide bonds. The number of nitrogens with zero attached hydrogens (tertiary/aromatic N) is 1. The Bertz CT molecular complexity index is 720. The van der Waals surface area contributed by atoms with Crippen molar-refractivity contribution in [2.45, 2.75) is 45.1 Å². The van der Waals surface area contributed by atoms with Crippen molar-refractivity contribution in [3.05, 3.63) is 18.2 Å². The Hall–Kier alpha value is -1.80. The SMILES string of the molecule is CCCCOc1ccc(OC)cc1NC(=O)C1CCCCN1S(C)(=O)=O. The molecule has 7 nitrogen and oxygen atoms in total. The predicted molar refractivity (Wildman–Crippen MR) is 101 cm³/mol. The van der Waals surface area contributed by atoms with E-state index in [0.29, 0.717) is 36.8 Å². The zero-order valence-electron chi connectivity index (χ0n) is 15.7. The first-order valence-electron chi connectivity index (χ1n) is 8.95. The second-order valence-electron chi connectivity index (χ2n) is 6.44. The fourth-order valence-electron chi connectivity index (χ4n) is 2.97. The molecule has 0 saturated carbocycles. The number of hydrogen-bond donors (Lipinski definition) is 1. The summed E-state index contributed by atoms with van der Waals surface area (Å²) >= 11 is 0. The van der Waals surface area contributed by atoms with E-state index in [9.17, 15) is 13.2 Å². The highest BCUT2D eigenvalue weighted by Crippen LogP contribution is 2.30. The smallest absolute Gasteiger partial charge is 0.242 e. The number of benzene rings is 1. The largest absolute Gasteiger partial charge is 0.497 e. The lowest BCUT2D eigenvalue weighted by Gasteiger charge is -2.32. The van der Waals surface area contributed by atoms with E-state index in [1.54, 1.807) is 25.3 Å². The van der Waals surface area contributed by atoms with Crippen LogP contribution in [0.1, 0.15) is 39.0 Å². The zero-order valence-corrected chi connectivity index (χ0v) is 16.5. The number of unbranched alkanes of at least 4 members (excludes halogenated alkanes) is 1. The van der Waals surface area contributed by atoms with E-state index in [0.717, 1.165) is 31.9 Å².